The molecule has 0 amide bonds. The molecule has 1 aromatic carbocycles. The Labute approximate surface area is 126 Å². The van der Waals surface area contributed by atoms with E-state index in [9.17, 15) is 4.39 Å². The molecule has 0 aliphatic rings. The molecule has 1 unspecified atom stereocenters. The fourth-order valence-corrected chi connectivity index (χ4v) is 2.18. The normalized spacial score (nSPS) is 12.2. The van der Waals surface area contributed by atoms with E-state index in [1.807, 2.05) is 19.1 Å². The number of hydrogen-bond donors (Lipinski definition) is 1. The maximum absolute atomic E-state index is 13.6. The van der Waals surface area contributed by atoms with Gasteiger partial charge in [0, 0.05) is 22.8 Å². The molecule has 5 heteroatoms. The summed E-state index contributed by atoms with van der Waals surface area (Å²) in [6, 6.07) is 8.48. The monoisotopic (exact) mass is 338 g/mol. The highest BCUT2D eigenvalue weighted by atomic mass is 79.9. The van der Waals surface area contributed by atoms with Crippen molar-refractivity contribution in [3.63, 3.8) is 0 Å². The van der Waals surface area contributed by atoms with Crippen molar-refractivity contribution in [3.05, 3.63) is 52.4 Å². The van der Waals surface area contributed by atoms with Crippen LogP contribution in [-0.4, -0.2) is 11.5 Å². The van der Waals surface area contributed by atoms with E-state index in [0.717, 1.165) is 16.6 Å². The first-order valence-electron chi connectivity index (χ1n) is 6.42. The summed E-state index contributed by atoms with van der Waals surface area (Å²) >= 11 is 3.29. The van der Waals surface area contributed by atoms with Gasteiger partial charge in [0.15, 0.2) is 11.6 Å². The Morgan fingerprint density at radius 3 is 2.90 bits per heavy atom. The van der Waals surface area contributed by atoms with Crippen molar-refractivity contribution >= 4 is 15.9 Å². The van der Waals surface area contributed by atoms with Crippen LogP contribution in [0.3, 0.4) is 0 Å². The Morgan fingerprint density at radius 1 is 1.35 bits per heavy atom. The number of rotatable bonds is 5. The number of pyridine rings is 1. The first kappa shape index (κ1) is 14.9. The van der Waals surface area contributed by atoms with Crippen LogP contribution in [0.15, 0.2) is 41.0 Å². The molecule has 0 bridgehead atoms. The summed E-state index contributed by atoms with van der Waals surface area (Å²) in [5, 5.41) is 3.31. The van der Waals surface area contributed by atoms with E-state index in [1.165, 1.54) is 6.07 Å². The summed E-state index contributed by atoms with van der Waals surface area (Å²) in [5.41, 5.74) is 1.05. The zero-order chi connectivity index (χ0) is 14.5. The van der Waals surface area contributed by atoms with Gasteiger partial charge in [0.1, 0.15) is 0 Å². The van der Waals surface area contributed by atoms with Crippen molar-refractivity contribution in [1.29, 1.82) is 0 Å². The Kier molecular flexibility index (Phi) is 5.09. The third-order valence-corrected chi connectivity index (χ3v) is 3.37. The lowest BCUT2D eigenvalue weighted by Gasteiger charge is -2.13. The topological polar surface area (TPSA) is 34.2 Å². The number of nitrogens with one attached hydrogen (secondary N) is 1. The zero-order valence-corrected chi connectivity index (χ0v) is 12.9. The highest BCUT2D eigenvalue weighted by Crippen LogP contribution is 2.27. The second-order valence-corrected chi connectivity index (χ2v) is 5.30. The molecule has 1 N–H and O–H groups in total. The van der Waals surface area contributed by atoms with Gasteiger partial charge in [0.25, 0.3) is 0 Å². The molecule has 1 aromatic heterocycles. The molecule has 1 atom stereocenters. The maximum Gasteiger partial charge on any atom is 0.219 e. The Morgan fingerprint density at radius 2 is 2.15 bits per heavy atom. The van der Waals surface area contributed by atoms with Crippen LogP contribution in [0.2, 0.25) is 0 Å². The average molecular weight is 339 g/mol. The molecule has 0 saturated heterocycles. The van der Waals surface area contributed by atoms with E-state index in [1.54, 1.807) is 18.3 Å². The van der Waals surface area contributed by atoms with Crippen LogP contribution in [0.5, 0.6) is 11.6 Å². The number of benzene rings is 1. The Bertz CT molecular complexity index is 592. The first-order chi connectivity index (χ1) is 9.60. The predicted octanol–water partition coefficient (Wildman–Crippen LogP) is 4.45. The Balaban J connectivity index is 2.21. The second-order valence-electron chi connectivity index (χ2n) is 4.38. The van der Waals surface area contributed by atoms with Gasteiger partial charge >= 0.3 is 0 Å². The number of ether oxygens (including phenoxy) is 1. The number of hydrogen-bond acceptors (Lipinski definition) is 3. The highest BCUT2D eigenvalue weighted by Gasteiger charge is 2.09. The van der Waals surface area contributed by atoms with Gasteiger partial charge in [-0.15, -0.1) is 0 Å². The van der Waals surface area contributed by atoms with Crippen molar-refractivity contribution in [1.82, 2.24) is 10.3 Å². The summed E-state index contributed by atoms with van der Waals surface area (Å²) in [6.07, 6.45) is 1.66. The van der Waals surface area contributed by atoms with Gasteiger partial charge in [-0.3, -0.25) is 0 Å². The SMILES string of the molecule is CCNC(C)c1ccnc(Oc2cc(Br)ccc2F)c1. The number of aromatic nitrogens is 1. The third kappa shape index (κ3) is 3.77. The lowest BCUT2D eigenvalue weighted by atomic mass is 10.1. The lowest BCUT2D eigenvalue weighted by Crippen LogP contribution is -2.17. The zero-order valence-electron chi connectivity index (χ0n) is 11.4. The van der Waals surface area contributed by atoms with Gasteiger partial charge in [-0.1, -0.05) is 22.9 Å². The van der Waals surface area contributed by atoms with Gasteiger partial charge in [-0.05, 0) is 43.3 Å². The van der Waals surface area contributed by atoms with Crippen LogP contribution in [0.25, 0.3) is 0 Å². The van der Waals surface area contributed by atoms with Gasteiger partial charge in [-0.25, -0.2) is 9.37 Å². The summed E-state index contributed by atoms with van der Waals surface area (Å²) < 4.78 is 19.9. The van der Waals surface area contributed by atoms with E-state index >= 15 is 0 Å². The summed E-state index contributed by atoms with van der Waals surface area (Å²) in [6.45, 7) is 4.98. The van der Waals surface area contributed by atoms with E-state index < -0.39 is 5.82 Å². The van der Waals surface area contributed by atoms with Gasteiger partial charge in [0.05, 0.1) is 0 Å². The van der Waals surface area contributed by atoms with Gasteiger partial charge in [-0.2, -0.15) is 0 Å². The molecule has 2 rings (SSSR count). The minimum Gasteiger partial charge on any atom is -0.436 e. The van der Waals surface area contributed by atoms with E-state index in [2.05, 4.69) is 33.2 Å². The standard InChI is InChI=1S/C15H16BrFN2O/c1-3-18-10(2)11-6-7-19-15(8-11)20-14-9-12(16)4-5-13(14)17/h4-10,18H,3H2,1-2H3. The fourth-order valence-electron chi connectivity index (χ4n) is 1.84. The van der Waals surface area contributed by atoms with Crippen LogP contribution in [-0.2, 0) is 0 Å². The molecule has 0 spiro atoms. The quantitative estimate of drug-likeness (QED) is 0.874. The van der Waals surface area contributed by atoms with E-state index in [-0.39, 0.29) is 11.8 Å². The van der Waals surface area contributed by atoms with Crippen molar-refractivity contribution in [2.75, 3.05) is 6.54 Å². The summed E-state index contributed by atoms with van der Waals surface area (Å²) in [7, 11) is 0. The molecule has 0 aliphatic heterocycles. The fraction of sp³-hybridized carbons (Fsp3) is 0.267. The summed E-state index contributed by atoms with van der Waals surface area (Å²) in [5.74, 6) is 0.115. The molecule has 0 fully saturated rings. The number of halogens is 2. The van der Waals surface area contributed by atoms with E-state index in [0.29, 0.717) is 5.88 Å². The Hall–Kier alpha value is -1.46. The van der Waals surface area contributed by atoms with Crippen molar-refractivity contribution in [3.8, 4) is 11.6 Å². The molecular formula is C15H16BrFN2O. The first-order valence-corrected chi connectivity index (χ1v) is 7.21. The van der Waals surface area contributed by atoms with Crippen LogP contribution >= 0.6 is 15.9 Å². The van der Waals surface area contributed by atoms with Crippen LogP contribution in [0.1, 0.15) is 25.5 Å². The van der Waals surface area contributed by atoms with Crippen molar-refractivity contribution in [2.24, 2.45) is 0 Å². The van der Waals surface area contributed by atoms with Crippen LogP contribution in [0.4, 0.5) is 4.39 Å². The molecule has 106 valence electrons. The van der Waals surface area contributed by atoms with Gasteiger partial charge < -0.3 is 10.1 Å². The van der Waals surface area contributed by atoms with E-state index in [4.69, 9.17) is 4.74 Å². The minimum absolute atomic E-state index is 0.153. The highest BCUT2D eigenvalue weighted by molar-refractivity contribution is 9.10. The van der Waals surface area contributed by atoms with Crippen LogP contribution < -0.4 is 10.1 Å². The molecule has 0 saturated carbocycles. The summed E-state index contributed by atoms with van der Waals surface area (Å²) in [4.78, 5) is 4.12. The van der Waals surface area contributed by atoms with Gasteiger partial charge in [0.2, 0.25) is 5.88 Å². The molecule has 0 aliphatic carbocycles. The van der Waals surface area contributed by atoms with Crippen molar-refractivity contribution < 1.29 is 9.13 Å². The largest absolute Gasteiger partial charge is 0.436 e. The lowest BCUT2D eigenvalue weighted by molar-refractivity contribution is 0.425. The molecule has 0 radical (unpaired) electrons. The molecule has 20 heavy (non-hydrogen) atoms. The second kappa shape index (κ2) is 6.81. The maximum atomic E-state index is 13.6. The minimum atomic E-state index is -0.417. The van der Waals surface area contributed by atoms with Crippen LogP contribution in [0, 0.1) is 5.82 Å². The smallest absolute Gasteiger partial charge is 0.219 e. The average Bonchev–Trinajstić information content (AvgIpc) is 2.43. The van der Waals surface area contributed by atoms with Crippen molar-refractivity contribution in [2.45, 2.75) is 19.9 Å². The predicted molar refractivity (Wildman–Crippen MR) is 80.5 cm³/mol. The third-order valence-electron chi connectivity index (χ3n) is 2.88. The number of nitrogens with zero attached hydrogens (tertiary/aromatic N) is 1. The molecule has 2 aromatic rings. The molecule has 3 nitrogen and oxygen atoms in total. The molecule has 1 heterocycles. The molecular weight excluding hydrogens is 323 g/mol.